The van der Waals surface area contributed by atoms with Gasteiger partial charge in [-0.1, -0.05) is 0 Å². The summed E-state index contributed by atoms with van der Waals surface area (Å²) >= 11 is 1.28. The van der Waals surface area contributed by atoms with Crippen molar-refractivity contribution in [3.8, 4) is 5.75 Å². The molecule has 0 radical (unpaired) electrons. The van der Waals surface area contributed by atoms with Crippen LogP contribution in [0.25, 0.3) is 0 Å². The highest BCUT2D eigenvalue weighted by molar-refractivity contribution is 8.00. The Morgan fingerprint density at radius 1 is 1.37 bits per heavy atom. The summed E-state index contributed by atoms with van der Waals surface area (Å²) in [5, 5.41) is 0. The third kappa shape index (κ3) is 5.52. The fraction of sp³-hybridized carbons (Fsp3) is 0.333. The van der Waals surface area contributed by atoms with Crippen molar-refractivity contribution < 1.29 is 14.3 Å². The fourth-order valence-electron chi connectivity index (χ4n) is 1.23. The highest BCUT2D eigenvalue weighted by Crippen LogP contribution is 2.28. The Kier molecular flexibility index (Phi) is 6.01. The summed E-state index contributed by atoms with van der Waals surface area (Å²) < 4.78 is 5.36. The molecular weight excluding hydrogens is 266 g/mol. The van der Waals surface area contributed by atoms with Crippen molar-refractivity contribution >= 4 is 29.3 Å². The molecule has 0 heterocycles. The number of hydrazine groups is 1. The van der Waals surface area contributed by atoms with Crippen LogP contribution in [-0.2, 0) is 9.59 Å². The monoisotopic (exact) mass is 283 g/mol. The number of carbonyl (C=O) groups is 2. The number of hydrogen-bond acceptors (Lipinski definition) is 5. The molecule has 0 spiro atoms. The zero-order valence-corrected chi connectivity index (χ0v) is 11.7. The zero-order chi connectivity index (χ0) is 14.3. The number of nitrogen functional groups attached to an aromatic ring is 1. The Morgan fingerprint density at radius 3 is 2.74 bits per heavy atom. The summed E-state index contributed by atoms with van der Waals surface area (Å²) in [5.41, 5.74) is 10.9. The molecule has 0 saturated carbocycles. The van der Waals surface area contributed by atoms with Crippen LogP contribution in [0.15, 0.2) is 23.1 Å². The van der Waals surface area contributed by atoms with Gasteiger partial charge >= 0.3 is 0 Å². The van der Waals surface area contributed by atoms with E-state index in [1.165, 1.54) is 18.7 Å². The van der Waals surface area contributed by atoms with Crippen molar-refractivity contribution in [1.29, 1.82) is 0 Å². The summed E-state index contributed by atoms with van der Waals surface area (Å²) in [4.78, 5) is 22.8. The minimum Gasteiger partial charge on any atom is -0.494 e. The SMILES string of the molecule is CCOc1ccc(N)c(SCC(=O)NNC(C)=O)c1. The van der Waals surface area contributed by atoms with Crippen LogP contribution in [0.2, 0.25) is 0 Å². The van der Waals surface area contributed by atoms with Crippen LogP contribution in [-0.4, -0.2) is 24.2 Å². The molecule has 7 heteroatoms. The predicted octanol–water partition coefficient (Wildman–Crippen LogP) is 0.927. The van der Waals surface area contributed by atoms with Crippen LogP contribution in [0, 0.1) is 0 Å². The lowest BCUT2D eigenvalue weighted by Gasteiger charge is -2.09. The second-order valence-corrected chi connectivity index (χ2v) is 4.67. The van der Waals surface area contributed by atoms with E-state index >= 15 is 0 Å². The first-order valence-corrected chi connectivity index (χ1v) is 6.72. The van der Waals surface area contributed by atoms with E-state index in [4.69, 9.17) is 10.5 Å². The summed E-state index contributed by atoms with van der Waals surface area (Å²) in [5.74, 6) is 0.235. The maximum Gasteiger partial charge on any atom is 0.248 e. The molecule has 0 unspecified atom stereocenters. The molecular formula is C12H17N3O3S. The van der Waals surface area contributed by atoms with Crippen molar-refractivity contribution in [2.45, 2.75) is 18.7 Å². The first-order chi connectivity index (χ1) is 9.02. The number of nitrogens with one attached hydrogen (secondary N) is 2. The Hall–Kier alpha value is -1.89. The Balaban J connectivity index is 2.54. The van der Waals surface area contributed by atoms with E-state index in [9.17, 15) is 9.59 Å². The van der Waals surface area contributed by atoms with Crippen molar-refractivity contribution in [3.05, 3.63) is 18.2 Å². The van der Waals surface area contributed by atoms with Crippen molar-refractivity contribution in [2.24, 2.45) is 0 Å². The van der Waals surface area contributed by atoms with E-state index in [-0.39, 0.29) is 17.6 Å². The van der Waals surface area contributed by atoms with Gasteiger partial charge in [0.05, 0.1) is 12.4 Å². The van der Waals surface area contributed by atoms with Gasteiger partial charge in [0.25, 0.3) is 0 Å². The number of hydrogen-bond donors (Lipinski definition) is 3. The van der Waals surface area contributed by atoms with Gasteiger partial charge in [0, 0.05) is 17.5 Å². The second kappa shape index (κ2) is 7.52. The number of ether oxygens (including phenoxy) is 1. The quantitative estimate of drug-likeness (QED) is 0.424. The van der Waals surface area contributed by atoms with E-state index in [0.717, 1.165) is 4.90 Å². The predicted molar refractivity (Wildman–Crippen MR) is 74.7 cm³/mol. The maximum atomic E-state index is 11.4. The smallest absolute Gasteiger partial charge is 0.248 e. The van der Waals surface area contributed by atoms with Crippen LogP contribution in [0.5, 0.6) is 5.75 Å². The van der Waals surface area contributed by atoms with Crippen molar-refractivity contribution in [3.63, 3.8) is 0 Å². The lowest BCUT2D eigenvalue weighted by molar-refractivity contribution is -0.126. The highest BCUT2D eigenvalue weighted by Gasteiger charge is 2.07. The number of nitrogens with two attached hydrogens (primary N) is 1. The van der Waals surface area contributed by atoms with E-state index in [1.807, 2.05) is 6.92 Å². The van der Waals surface area contributed by atoms with Gasteiger partial charge in [-0.05, 0) is 25.1 Å². The molecule has 1 rings (SSSR count). The molecule has 0 atom stereocenters. The molecule has 0 aromatic heterocycles. The molecule has 0 aliphatic heterocycles. The van der Waals surface area contributed by atoms with Crippen molar-refractivity contribution in [2.75, 3.05) is 18.1 Å². The van der Waals surface area contributed by atoms with E-state index in [1.54, 1.807) is 18.2 Å². The van der Waals surface area contributed by atoms with Crippen molar-refractivity contribution in [1.82, 2.24) is 10.9 Å². The van der Waals surface area contributed by atoms with Gasteiger partial charge < -0.3 is 10.5 Å². The largest absolute Gasteiger partial charge is 0.494 e. The molecule has 0 fully saturated rings. The highest BCUT2D eigenvalue weighted by atomic mass is 32.2. The van der Waals surface area contributed by atoms with E-state index in [0.29, 0.717) is 18.0 Å². The number of thioether (sulfide) groups is 1. The topological polar surface area (TPSA) is 93.4 Å². The first kappa shape index (κ1) is 15.2. The van der Waals surface area contributed by atoms with Crippen LogP contribution in [0.4, 0.5) is 5.69 Å². The maximum absolute atomic E-state index is 11.4. The van der Waals surface area contributed by atoms with Crippen LogP contribution < -0.4 is 21.3 Å². The number of carbonyl (C=O) groups excluding carboxylic acids is 2. The molecule has 0 aliphatic carbocycles. The minimum absolute atomic E-state index is 0.153. The summed E-state index contributed by atoms with van der Waals surface area (Å²) in [7, 11) is 0. The molecule has 0 aliphatic rings. The van der Waals surface area contributed by atoms with Gasteiger partial charge in [-0.15, -0.1) is 11.8 Å². The van der Waals surface area contributed by atoms with Crippen LogP contribution >= 0.6 is 11.8 Å². The summed E-state index contributed by atoms with van der Waals surface area (Å²) in [6.45, 7) is 3.78. The van der Waals surface area contributed by atoms with Crippen LogP contribution in [0.3, 0.4) is 0 Å². The molecule has 0 saturated heterocycles. The van der Waals surface area contributed by atoms with Gasteiger partial charge in [-0.3, -0.25) is 20.4 Å². The second-order valence-electron chi connectivity index (χ2n) is 3.65. The Bertz CT molecular complexity index is 466. The average Bonchev–Trinajstić information content (AvgIpc) is 2.37. The number of anilines is 1. The minimum atomic E-state index is -0.323. The van der Waals surface area contributed by atoms with E-state index in [2.05, 4.69) is 10.9 Å². The standard InChI is InChI=1S/C12H17N3O3S/c1-3-18-9-4-5-10(13)11(6-9)19-7-12(17)15-14-8(2)16/h4-6H,3,7,13H2,1-2H3,(H,14,16)(H,15,17). The van der Waals surface area contributed by atoms with Gasteiger partial charge in [-0.2, -0.15) is 0 Å². The third-order valence-corrected chi connectivity index (χ3v) is 3.10. The van der Waals surface area contributed by atoms with Crippen LogP contribution in [0.1, 0.15) is 13.8 Å². The molecule has 104 valence electrons. The van der Waals surface area contributed by atoms with Gasteiger partial charge in [0.1, 0.15) is 5.75 Å². The molecule has 4 N–H and O–H groups in total. The average molecular weight is 283 g/mol. The van der Waals surface area contributed by atoms with Gasteiger partial charge in [-0.25, -0.2) is 0 Å². The third-order valence-electron chi connectivity index (χ3n) is 2.03. The molecule has 1 aromatic rings. The molecule has 2 amide bonds. The normalized spacial score (nSPS) is 9.79. The molecule has 19 heavy (non-hydrogen) atoms. The first-order valence-electron chi connectivity index (χ1n) is 5.73. The number of rotatable bonds is 5. The molecule has 6 nitrogen and oxygen atoms in total. The van der Waals surface area contributed by atoms with Gasteiger partial charge in [0.15, 0.2) is 0 Å². The number of benzene rings is 1. The number of amides is 2. The zero-order valence-electron chi connectivity index (χ0n) is 10.9. The summed E-state index contributed by atoms with van der Waals surface area (Å²) in [6.07, 6.45) is 0. The van der Waals surface area contributed by atoms with Gasteiger partial charge in [0.2, 0.25) is 11.8 Å². The summed E-state index contributed by atoms with van der Waals surface area (Å²) in [6, 6.07) is 5.30. The Labute approximate surface area is 116 Å². The molecule has 0 bridgehead atoms. The lowest BCUT2D eigenvalue weighted by atomic mass is 10.3. The molecule has 1 aromatic carbocycles. The fourth-order valence-corrected chi connectivity index (χ4v) is 2.03. The van der Waals surface area contributed by atoms with E-state index < -0.39 is 0 Å². The lowest BCUT2D eigenvalue weighted by Crippen LogP contribution is -2.41. The Morgan fingerprint density at radius 2 is 2.11 bits per heavy atom.